The highest BCUT2D eigenvalue weighted by atomic mass is 35.5. The molecule has 2 aromatic carbocycles. The molecule has 0 aliphatic carbocycles. The average molecular weight is 428 g/mol. The van der Waals surface area contributed by atoms with Crippen molar-refractivity contribution in [1.82, 2.24) is 5.32 Å². The summed E-state index contributed by atoms with van der Waals surface area (Å²) in [6.45, 7) is 1.29. The molecule has 1 aliphatic rings. The van der Waals surface area contributed by atoms with Crippen molar-refractivity contribution in [2.75, 3.05) is 18.0 Å². The smallest absolute Gasteiger partial charge is 0.270 e. The summed E-state index contributed by atoms with van der Waals surface area (Å²) in [7, 11) is 0. The molecule has 1 amide bonds. The maximum atomic E-state index is 12.7. The standard InChI is InChI=1S/C21H18ClN3O3S/c22-17-12-15(25(27)28)7-8-16(17)21(26)23-13-19(20-6-3-11-29-20)24-10-9-14-4-1-2-5-18(14)24/h1-8,11-12,19H,9-10,13H2,(H,23,26)/t19-/m0/s1. The first kappa shape index (κ1) is 19.4. The molecule has 4 rings (SSSR count). The number of anilines is 1. The first-order valence-corrected chi connectivity index (χ1v) is 10.4. The van der Waals surface area contributed by atoms with Crippen LogP contribution in [0.15, 0.2) is 60.0 Å². The molecule has 1 N–H and O–H groups in total. The molecule has 6 nitrogen and oxygen atoms in total. The fourth-order valence-corrected chi connectivity index (χ4v) is 4.72. The van der Waals surface area contributed by atoms with Crippen molar-refractivity contribution in [2.24, 2.45) is 0 Å². The van der Waals surface area contributed by atoms with Crippen molar-refractivity contribution in [3.8, 4) is 0 Å². The molecule has 148 valence electrons. The van der Waals surface area contributed by atoms with Crippen LogP contribution in [-0.2, 0) is 6.42 Å². The molecule has 0 unspecified atom stereocenters. The van der Waals surface area contributed by atoms with Gasteiger partial charge in [-0.05, 0) is 35.6 Å². The van der Waals surface area contributed by atoms with Crippen LogP contribution in [0.1, 0.15) is 26.8 Å². The number of halogens is 1. The normalized spacial score (nSPS) is 13.8. The summed E-state index contributed by atoms with van der Waals surface area (Å²) in [6.07, 6.45) is 0.972. The molecular weight excluding hydrogens is 410 g/mol. The van der Waals surface area contributed by atoms with Crippen LogP contribution in [0.4, 0.5) is 11.4 Å². The Morgan fingerprint density at radius 3 is 2.79 bits per heavy atom. The first-order chi connectivity index (χ1) is 14.0. The van der Waals surface area contributed by atoms with Crippen molar-refractivity contribution in [3.05, 3.63) is 91.1 Å². The van der Waals surface area contributed by atoms with E-state index in [1.807, 2.05) is 23.6 Å². The molecule has 0 bridgehead atoms. The molecule has 0 radical (unpaired) electrons. The highest BCUT2D eigenvalue weighted by molar-refractivity contribution is 7.10. The summed E-state index contributed by atoms with van der Waals surface area (Å²) in [4.78, 5) is 26.5. The quantitative estimate of drug-likeness (QED) is 0.451. The van der Waals surface area contributed by atoms with Crippen LogP contribution in [0.3, 0.4) is 0 Å². The van der Waals surface area contributed by atoms with Crippen LogP contribution in [0.2, 0.25) is 5.02 Å². The second-order valence-corrected chi connectivity index (χ2v) is 8.12. The lowest BCUT2D eigenvalue weighted by Gasteiger charge is -2.30. The maximum absolute atomic E-state index is 12.7. The van der Waals surface area contributed by atoms with E-state index in [0.29, 0.717) is 6.54 Å². The van der Waals surface area contributed by atoms with Crippen molar-refractivity contribution < 1.29 is 9.72 Å². The molecule has 0 saturated carbocycles. The summed E-state index contributed by atoms with van der Waals surface area (Å²) in [5, 5.41) is 15.9. The summed E-state index contributed by atoms with van der Waals surface area (Å²) >= 11 is 7.76. The van der Waals surface area contributed by atoms with Gasteiger partial charge in [-0.3, -0.25) is 14.9 Å². The van der Waals surface area contributed by atoms with Gasteiger partial charge in [-0.15, -0.1) is 11.3 Å². The number of hydrogen-bond acceptors (Lipinski definition) is 5. The fourth-order valence-electron chi connectivity index (χ4n) is 3.62. The van der Waals surface area contributed by atoms with Gasteiger partial charge in [0.2, 0.25) is 0 Å². The number of nitrogens with one attached hydrogen (secondary N) is 1. The van der Waals surface area contributed by atoms with E-state index in [1.165, 1.54) is 29.4 Å². The van der Waals surface area contributed by atoms with Crippen LogP contribution in [0, 0.1) is 10.1 Å². The van der Waals surface area contributed by atoms with Gasteiger partial charge >= 0.3 is 0 Å². The molecular formula is C21H18ClN3O3S. The monoisotopic (exact) mass is 427 g/mol. The molecule has 1 atom stereocenters. The Bertz CT molecular complexity index is 1060. The van der Waals surface area contributed by atoms with Crippen LogP contribution in [0.5, 0.6) is 0 Å². The fraction of sp³-hybridized carbons (Fsp3) is 0.190. The lowest BCUT2D eigenvalue weighted by atomic mass is 10.1. The van der Waals surface area contributed by atoms with E-state index in [0.717, 1.165) is 17.8 Å². The predicted octanol–water partition coefficient (Wildman–Crippen LogP) is 4.84. The molecule has 0 fully saturated rings. The number of rotatable bonds is 6. The first-order valence-electron chi connectivity index (χ1n) is 9.14. The Hall–Kier alpha value is -2.90. The minimum absolute atomic E-state index is 0.000533. The minimum Gasteiger partial charge on any atom is -0.361 e. The van der Waals surface area contributed by atoms with Gasteiger partial charge in [-0.1, -0.05) is 35.9 Å². The van der Waals surface area contributed by atoms with Crippen LogP contribution >= 0.6 is 22.9 Å². The number of fused-ring (bicyclic) bond motifs is 1. The zero-order valence-electron chi connectivity index (χ0n) is 15.4. The summed E-state index contributed by atoms with van der Waals surface area (Å²) in [6, 6.07) is 16.3. The molecule has 2 heterocycles. The van der Waals surface area contributed by atoms with Crippen LogP contribution < -0.4 is 10.2 Å². The SMILES string of the molecule is O=C(NC[C@@H](c1cccs1)N1CCc2ccccc21)c1ccc([N+](=O)[O-])cc1Cl. The van der Waals surface area contributed by atoms with Gasteiger partial charge in [0.05, 0.1) is 21.6 Å². The Balaban J connectivity index is 1.54. The average Bonchev–Trinajstić information content (AvgIpc) is 3.39. The predicted molar refractivity (Wildman–Crippen MR) is 115 cm³/mol. The lowest BCUT2D eigenvalue weighted by molar-refractivity contribution is -0.384. The Morgan fingerprint density at radius 2 is 2.07 bits per heavy atom. The van der Waals surface area contributed by atoms with E-state index in [4.69, 9.17) is 11.6 Å². The molecule has 0 saturated heterocycles. The third-order valence-electron chi connectivity index (χ3n) is 5.04. The number of nitro benzene ring substituents is 1. The summed E-state index contributed by atoms with van der Waals surface area (Å²) in [5.74, 6) is -0.348. The topological polar surface area (TPSA) is 75.5 Å². The van der Waals surface area contributed by atoms with E-state index in [9.17, 15) is 14.9 Å². The van der Waals surface area contributed by atoms with E-state index in [1.54, 1.807) is 11.3 Å². The molecule has 1 aromatic heterocycles. The number of nitrogens with zero attached hydrogens (tertiary/aromatic N) is 2. The Labute approximate surface area is 176 Å². The van der Waals surface area contributed by atoms with Crippen molar-refractivity contribution >= 4 is 40.2 Å². The van der Waals surface area contributed by atoms with Crippen molar-refractivity contribution in [2.45, 2.75) is 12.5 Å². The number of amides is 1. The van der Waals surface area contributed by atoms with E-state index in [-0.39, 0.29) is 28.2 Å². The molecule has 1 aliphatic heterocycles. The number of thiophene rings is 1. The van der Waals surface area contributed by atoms with Gasteiger partial charge in [0, 0.05) is 35.8 Å². The summed E-state index contributed by atoms with van der Waals surface area (Å²) < 4.78 is 0. The van der Waals surface area contributed by atoms with E-state index in [2.05, 4.69) is 28.4 Å². The number of carbonyl (C=O) groups excluding carboxylic acids is 1. The number of non-ortho nitro benzene ring substituents is 1. The zero-order valence-corrected chi connectivity index (χ0v) is 16.9. The minimum atomic E-state index is -0.537. The van der Waals surface area contributed by atoms with E-state index >= 15 is 0 Å². The van der Waals surface area contributed by atoms with Crippen LogP contribution in [-0.4, -0.2) is 23.9 Å². The summed E-state index contributed by atoms with van der Waals surface area (Å²) in [5.41, 5.74) is 2.58. The molecule has 8 heteroatoms. The second kappa shape index (κ2) is 8.23. The maximum Gasteiger partial charge on any atom is 0.270 e. The van der Waals surface area contributed by atoms with Gasteiger partial charge in [0.25, 0.3) is 11.6 Å². The number of benzene rings is 2. The van der Waals surface area contributed by atoms with Crippen LogP contribution in [0.25, 0.3) is 0 Å². The third kappa shape index (κ3) is 3.97. The Morgan fingerprint density at radius 1 is 1.24 bits per heavy atom. The Kier molecular flexibility index (Phi) is 5.51. The van der Waals surface area contributed by atoms with Gasteiger partial charge in [0.1, 0.15) is 0 Å². The van der Waals surface area contributed by atoms with Crippen molar-refractivity contribution in [3.63, 3.8) is 0 Å². The number of nitro groups is 1. The lowest BCUT2D eigenvalue weighted by Crippen LogP contribution is -2.37. The highest BCUT2D eigenvalue weighted by Gasteiger charge is 2.28. The molecule has 0 spiro atoms. The largest absolute Gasteiger partial charge is 0.361 e. The van der Waals surface area contributed by atoms with Gasteiger partial charge < -0.3 is 10.2 Å². The number of para-hydroxylation sites is 1. The third-order valence-corrected chi connectivity index (χ3v) is 6.32. The number of carbonyl (C=O) groups is 1. The van der Waals surface area contributed by atoms with Crippen molar-refractivity contribution in [1.29, 1.82) is 0 Å². The second-order valence-electron chi connectivity index (χ2n) is 6.73. The molecule has 3 aromatic rings. The van der Waals surface area contributed by atoms with Gasteiger partial charge in [-0.2, -0.15) is 0 Å². The highest BCUT2D eigenvalue weighted by Crippen LogP contribution is 2.36. The van der Waals surface area contributed by atoms with Gasteiger partial charge in [0.15, 0.2) is 0 Å². The number of hydrogen-bond donors (Lipinski definition) is 1. The van der Waals surface area contributed by atoms with Gasteiger partial charge in [-0.25, -0.2) is 0 Å². The van der Waals surface area contributed by atoms with E-state index < -0.39 is 4.92 Å². The molecule has 29 heavy (non-hydrogen) atoms. The zero-order chi connectivity index (χ0) is 20.4.